The third-order valence-electron chi connectivity index (χ3n) is 5.29. The van der Waals surface area contributed by atoms with Gasteiger partial charge in [-0.1, -0.05) is 25.1 Å². The Labute approximate surface area is 181 Å². The van der Waals surface area contributed by atoms with Crippen LogP contribution in [-0.2, 0) is 6.42 Å². The van der Waals surface area contributed by atoms with Crippen molar-refractivity contribution in [2.24, 2.45) is 0 Å². The highest BCUT2D eigenvalue weighted by molar-refractivity contribution is 6.03. The van der Waals surface area contributed by atoms with Crippen LogP contribution in [0.2, 0.25) is 0 Å². The number of oxazole rings is 1. The summed E-state index contributed by atoms with van der Waals surface area (Å²) in [6.45, 7) is 7.77. The van der Waals surface area contributed by atoms with Crippen molar-refractivity contribution in [1.29, 1.82) is 0 Å². The van der Waals surface area contributed by atoms with Gasteiger partial charge < -0.3 is 14.6 Å². The van der Waals surface area contributed by atoms with Crippen LogP contribution in [0.3, 0.4) is 0 Å². The summed E-state index contributed by atoms with van der Waals surface area (Å²) in [5, 5.41) is 5.87. The Hall–Kier alpha value is -3.49. The minimum absolute atomic E-state index is 0.103. The van der Waals surface area contributed by atoms with Crippen LogP contribution < -0.4 is 15.5 Å². The van der Waals surface area contributed by atoms with E-state index in [-0.39, 0.29) is 17.7 Å². The smallest absolute Gasteiger partial charge is 0.302 e. The third-order valence-corrected chi connectivity index (χ3v) is 5.29. The molecular weight excluding hydrogens is 394 g/mol. The van der Waals surface area contributed by atoms with Gasteiger partial charge in [0.05, 0.1) is 6.20 Å². The summed E-state index contributed by atoms with van der Waals surface area (Å²) in [6.07, 6.45) is 5.57. The van der Waals surface area contributed by atoms with Gasteiger partial charge in [0.1, 0.15) is 5.82 Å². The van der Waals surface area contributed by atoms with E-state index in [9.17, 15) is 4.79 Å². The molecule has 0 aliphatic carbocycles. The van der Waals surface area contributed by atoms with Crippen molar-refractivity contribution in [3.8, 4) is 0 Å². The fourth-order valence-corrected chi connectivity index (χ4v) is 3.58. The number of anilines is 4. The number of carbonyl (C=O) groups is 1. The first-order valence-electron chi connectivity index (χ1n) is 10.6. The van der Waals surface area contributed by atoms with Crippen molar-refractivity contribution in [1.82, 2.24) is 19.9 Å². The average Bonchev–Trinajstić information content (AvgIpc) is 3.25. The maximum atomic E-state index is 12.6. The Morgan fingerprint density at radius 2 is 1.84 bits per heavy atom. The van der Waals surface area contributed by atoms with Gasteiger partial charge in [-0.3, -0.25) is 10.1 Å². The van der Waals surface area contributed by atoms with Crippen LogP contribution in [0.1, 0.15) is 53.7 Å². The Kier molecular flexibility index (Phi) is 6.11. The zero-order chi connectivity index (χ0) is 21.8. The quantitative estimate of drug-likeness (QED) is 0.614. The van der Waals surface area contributed by atoms with Gasteiger partial charge >= 0.3 is 6.01 Å². The number of hydrogen-bond donors (Lipinski definition) is 2. The highest BCUT2D eigenvalue weighted by Gasteiger charge is 2.18. The first-order valence-corrected chi connectivity index (χ1v) is 10.6. The number of benzene rings is 1. The van der Waals surface area contributed by atoms with Crippen LogP contribution in [0, 0.1) is 13.8 Å². The molecule has 1 amide bonds. The molecule has 3 heterocycles. The first-order chi connectivity index (χ1) is 15.0. The van der Waals surface area contributed by atoms with E-state index in [2.05, 4.69) is 35.5 Å². The standard InChI is InChI=1S/C22H27N7O2/c1-4-17-24-20(27-21(25-17)29-11-6-5-7-12-29)28-22-23-13-16(31-22)19(30)26-18-14(2)9-8-10-15(18)3/h8-10,13H,4-7,11-12H2,1-3H3,(H,26,30)(H,23,24,25,27,28). The van der Waals surface area contributed by atoms with Crippen LogP contribution in [-0.4, -0.2) is 38.9 Å². The minimum Gasteiger partial charge on any atom is -0.418 e. The average molecular weight is 422 g/mol. The SMILES string of the molecule is CCc1nc(Nc2ncc(C(=O)Nc3c(C)cccc3C)o2)nc(N2CCCCC2)n1. The Balaban J connectivity index is 1.50. The molecule has 1 aromatic carbocycles. The Bertz CT molecular complexity index is 1050. The largest absolute Gasteiger partial charge is 0.418 e. The van der Waals surface area contributed by atoms with Gasteiger partial charge in [0.15, 0.2) is 0 Å². The van der Waals surface area contributed by atoms with E-state index in [0.29, 0.717) is 24.1 Å². The molecule has 3 aromatic rings. The van der Waals surface area contributed by atoms with E-state index in [0.717, 1.165) is 42.7 Å². The fraction of sp³-hybridized carbons (Fsp3) is 0.409. The topological polar surface area (TPSA) is 109 Å². The number of piperidine rings is 1. The summed E-state index contributed by atoms with van der Waals surface area (Å²) < 4.78 is 5.61. The Morgan fingerprint density at radius 1 is 1.10 bits per heavy atom. The predicted molar refractivity (Wildman–Crippen MR) is 119 cm³/mol. The molecule has 0 unspecified atom stereocenters. The second kappa shape index (κ2) is 9.11. The number of nitrogens with one attached hydrogen (secondary N) is 2. The molecule has 0 saturated carbocycles. The van der Waals surface area contributed by atoms with Gasteiger partial charge in [0, 0.05) is 25.2 Å². The second-order valence-corrected chi connectivity index (χ2v) is 7.65. The highest BCUT2D eigenvalue weighted by Crippen LogP contribution is 2.22. The molecular formula is C22H27N7O2. The van der Waals surface area contributed by atoms with Crippen molar-refractivity contribution < 1.29 is 9.21 Å². The Morgan fingerprint density at radius 3 is 2.55 bits per heavy atom. The lowest BCUT2D eigenvalue weighted by molar-refractivity contribution is 0.0997. The third kappa shape index (κ3) is 4.82. The molecule has 0 spiro atoms. The number of para-hydroxylation sites is 1. The van der Waals surface area contributed by atoms with Gasteiger partial charge in [0.25, 0.3) is 5.91 Å². The van der Waals surface area contributed by atoms with Crippen LogP contribution in [0.15, 0.2) is 28.8 Å². The maximum Gasteiger partial charge on any atom is 0.302 e. The monoisotopic (exact) mass is 421 g/mol. The van der Waals surface area contributed by atoms with Crippen molar-refractivity contribution in [2.75, 3.05) is 28.6 Å². The number of rotatable bonds is 6. The van der Waals surface area contributed by atoms with Gasteiger partial charge in [-0.25, -0.2) is 4.98 Å². The molecule has 9 heteroatoms. The fourth-order valence-electron chi connectivity index (χ4n) is 3.58. The summed E-state index contributed by atoms with van der Waals surface area (Å²) in [7, 11) is 0. The van der Waals surface area contributed by atoms with Gasteiger partial charge in [-0.15, -0.1) is 0 Å². The normalized spacial score (nSPS) is 13.8. The van der Waals surface area contributed by atoms with E-state index in [1.807, 2.05) is 39.0 Å². The summed E-state index contributed by atoms with van der Waals surface area (Å²) >= 11 is 0. The molecule has 1 fully saturated rings. The van der Waals surface area contributed by atoms with Crippen LogP contribution >= 0.6 is 0 Å². The van der Waals surface area contributed by atoms with E-state index in [1.54, 1.807) is 0 Å². The second-order valence-electron chi connectivity index (χ2n) is 7.65. The molecule has 0 radical (unpaired) electrons. The zero-order valence-electron chi connectivity index (χ0n) is 18.1. The first kappa shape index (κ1) is 20.8. The lowest BCUT2D eigenvalue weighted by Crippen LogP contribution is -2.31. The zero-order valence-corrected chi connectivity index (χ0v) is 18.1. The molecule has 162 valence electrons. The summed E-state index contributed by atoms with van der Waals surface area (Å²) in [6, 6.07) is 6.00. The van der Waals surface area contributed by atoms with E-state index < -0.39 is 0 Å². The van der Waals surface area contributed by atoms with E-state index in [4.69, 9.17) is 4.42 Å². The van der Waals surface area contributed by atoms with Crippen LogP contribution in [0.5, 0.6) is 0 Å². The molecule has 2 aromatic heterocycles. The van der Waals surface area contributed by atoms with Gasteiger partial charge in [-0.2, -0.15) is 15.0 Å². The molecule has 0 bridgehead atoms. The van der Waals surface area contributed by atoms with Crippen molar-refractivity contribution in [2.45, 2.75) is 46.5 Å². The molecule has 1 aliphatic heterocycles. The lowest BCUT2D eigenvalue weighted by Gasteiger charge is -2.26. The number of aromatic nitrogens is 4. The molecule has 1 aliphatic rings. The van der Waals surface area contributed by atoms with Crippen molar-refractivity contribution in [3.05, 3.63) is 47.1 Å². The number of amides is 1. The minimum atomic E-state index is -0.364. The maximum absolute atomic E-state index is 12.6. The molecule has 9 nitrogen and oxygen atoms in total. The van der Waals surface area contributed by atoms with Crippen molar-refractivity contribution >= 4 is 29.5 Å². The number of carbonyl (C=O) groups excluding carboxylic acids is 1. The molecule has 1 saturated heterocycles. The molecule has 4 rings (SSSR count). The molecule has 2 N–H and O–H groups in total. The highest BCUT2D eigenvalue weighted by atomic mass is 16.4. The van der Waals surface area contributed by atoms with Crippen LogP contribution in [0.4, 0.5) is 23.6 Å². The van der Waals surface area contributed by atoms with E-state index >= 15 is 0 Å². The van der Waals surface area contributed by atoms with Gasteiger partial charge in [-0.05, 0) is 44.2 Å². The number of hydrogen-bond acceptors (Lipinski definition) is 8. The summed E-state index contributed by atoms with van der Waals surface area (Å²) in [5.41, 5.74) is 2.73. The van der Waals surface area contributed by atoms with E-state index in [1.165, 1.54) is 12.6 Å². The number of nitrogens with zero attached hydrogens (tertiary/aromatic N) is 5. The predicted octanol–water partition coefficient (Wildman–Crippen LogP) is 4.03. The van der Waals surface area contributed by atoms with Crippen molar-refractivity contribution in [3.63, 3.8) is 0 Å². The summed E-state index contributed by atoms with van der Waals surface area (Å²) in [4.78, 5) is 32.5. The number of aryl methyl sites for hydroxylation is 3. The summed E-state index contributed by atoms with van der Waals surface area (Å²) in [5.74, 6) is 1.45. The lowest BCUT2D eigenvalue weighted by atomic mass is 10.1. The molecule has 0 atom stereocenters. The molecule has 31 heavy (non-hydrogen) atoms. The van der Waals surface area contributed by atoms with Crippen LogP contribution in [0.25, 0.3) is 0 Å². The van der Waals surface area contributed by atoms with Gasteiger partial charge in [0.2, 0.25) is 17.7 Å².